The summed E-state index contributed by atoms with van der Waals surface area (Å²) in [4.78, 5) is 13.0. The van der Waals surface area contributed by atoms with Gasteiger partial charge in [0, 0.05) is 11.3 Å². The van der Waals surface area contributed by atoms with E-state index in [1.165, 1.54) is 11.3 Å². The van der Waals surface area contributed by atoms with E-state index >= 15 is 0 Å². The molecule has 0 unspecified atom stereocenters. The summed E-state index contributed by atoms with van der Waals surface area (Å²) < 4.78 is 10.7. The average molecular weight is 212 g/mol. The minimum absolute atomic E-state index is 0.117. The van der Waals surface area contributed by atoms with Gasteiger partial charge >= 0.3 is 0 Å². The number of Topliss-reactive ketones (excluding diaryl/α,β-unsaturated/α-hetero) is 1. The molecule has 1 saturated heterocycles. The van der Waals surface area contributed by atoms with Gasteiger partial charge in [0.1, 0.15) is 0 Å². The molecule has 0 radical (unpaired) electrons. The summed E-state index contributed by atoms with van der Waals surface area (Å²) in [5.74, 6) is 0.120. The Labute approximate surface area is 86.6 Å². The minimum atomic E-state index is -0.117. The molecule has 0 bridgehead atoms. The van der Waals surface area contributed by atoms with Gasteiger partial charge in [-0.1, -0.05) is 0 Å². The van der Waals surface area contributed by atoms with Gasteiger partial charge in [-0.05, 0) is 19.1 Å². The first kappa shape index (κ1) is 9.83. The fraction of sp³-hybridized carbons (Fsp3) is 0.500. The van der Waals surface area contributed by atoms with Crippen LogP contribution in [0.25, 0.3) is 0 Å². The van der Waals surface area contributed by atoms with Crippen molar-refractivity contribution in [1.82, 2.24) is 0 Å². The van der Waals surface area contributed by atoms with Crippen molar-refractivity contribution in [1.29, 1.82) is 0 Å². The number of hydrogen-bond donors (Lipinski definition) is 0. The fourth-order valence-corrected chi connectivity index (χ4v) is 2.28. The average Bonchev–Trinajstić information content (AvgIpc) is 2.75. The normalized spacial score (nSPS) is 17.5. The summed E-state index contributed by atoms with van der Waals surface area (Å²) in [5, 5.41) is 0. The molecule has 3 nitrogen and oxygen atoms in total. The zero-order valence-electron chi connectivity index (χ0n) is 7.99. The number of carbonyl (C=O) groups is 1. The molecular weight excluding hydrogens is 200 g/mol. The molecule has 1 fully saturated rings. The number of ketones is 1. The first-order valence-corrected chi connectivity index (χ1v) is 5.40. The van der Waals surface area contributed by atoms with Crippen molar-refractivity contribution in [2.75, 3.05) is 13.2 Å². The third-order valence-electron chi connectivity index (χ3n) is 2.07. The molecule has 2 rings (SSSR count). The number of rotatable bonds is 3. The fourth-order valence-electron chi connectivity index (χ4n) is 1.37. The van der Waals surface area contributed by atoms with Crippen LogP contribution in [0.15, 0.2) is 12.1 Å². The van der Waals surface area contributed by atoms with Gasteiger partial charge in [-0.15, -0.1) is 11.3 Å². The maximum Gasteiger partial charge on any atom is 0.169 e. The molecule has 0 atom stereocenters. The highest BCUT2D eigenvalue weighted by Crippen LogP contribution is 2.20. The molecule has 0 aromatic carbocycles. The lowest BCUT2D eigenvalue weighted by atomic mass is 10.3. The Morgan fingerprint density at radius 2 is 2.21 bits per heavy atom. The zero-order chi connectivity index (χ0) is 9.97. The van der Waals surface area contributed by atoms with Crippen LogP contribution in [0.1, 0.15) is 21.5 Å². The van der Waals surface area contributed by atoms with Gasteiger partial charge in [-0.25, -0.2) is 0 Å². The predicted molar refractivity (Wildman–Crippen MR) is 53.7 cm³/mol. The van der Waals surface area contributed by atoms with E-state index in [1.807, 2.05) is 12.1 Å². The molecular formula is C10H12O3S. The van der Waals surface area contributed by atoms with Crippen molar-refractivity contribution in [3.05, 3.63) is 21.9 Å². The van der Waals surface area contributed by atoms with E-state index in [1.54, 1.807) is 6.92 Å². The number of ether oxygens (including phenoxy) is 2. The molecule has 1 aliphatic heterocycles. The van der Waals surface area contributed by atoms with Gasteiger partial charge in [0.15, 0.2) is 12.1 Å². The molecule has 0 N–H and O–H groups in total. The third kappa shape index (κ3) is 2.20. The molecule has 2 heterocycles. The molecule has 1 aromatic heterocycles. The van der Waals surface area contributed by atoms with E-state index in [2.05, 4.69) is 0 Å². The smallest absolute Gasteiger partial charge is 0.169 e. The van der Waals surface area contributed by atoms with Crippen LogP contribution < -0.4 is 0 Å². The molecule has 1 aromatic rings. The highest BCUT2D eigenvalue weighted by Gasteiger charge is 2.17. The van der Waals surface area contributed by atoms with Crippen molar-refractivity contribution in [3.8, 4) is 0 Å². The standard InChI is InChI=1S/C10H12O3S/c1-7(11)9-3-2-8(14-9)6-10-12-4-5-13-10/h2-3,10H,4-6H2,1H3. The molecule has 14 heavy (non-hydrogen) atoms. The Bertz CT molecular complexity index is 326. The summed E-state index contributed by atoms with van der Waals surface area (Å²) >= 11 is 1.52. The maximum atomic E-state index is 11.0. The van der Waals surface area contributed by atoms with Gasteiger partial charge in [-0.2, -0.15) is 0 Å². The van der Waals surface area contributed by atoms with E-state index in [4.69, 9.17) is 9.47 Å². The van der Waals surface area contributed by atoms with Crippen LogP contribution in [0, 0.1) is 0 Å². The van der Waals surface area contributed by atoms with Crippen LogP contribution in [-0.4, -0.2) is 25.3 Å². The summed E-state index contributed by atoms with van der Waals surface area (Å²) in [7, 11) is 0. The van der Waals surface area contributed by atoms with Crippen LogP contribution in [0.5, 0.6) is 0 Å². The molecule has 0 saturated carbocycles. The molecule has 4 heteroatoms. The lowest BCUT2D eigenvalue weighted by Crippen LogP contribution is -2.09. The number of thiophene rings is 1. The van der Waals surface area contributed by atoms with Gasteiger partial charge in [0.05, 0.1) is 18.1 Å². The van der Waals surface area contributed by atoms with Gasteiger partial charge in [0.25, 0.3) is 0 Å². The Hall–Kier alpha value is -0.710. The summed E-state index contributed by atoms with van der Waals surface area (Å²) in [6, 6.07) is 3.82. The largest absolute Gasteiger partial charge is 0.350 e. The SMILES string of the molecule is CC(=O)c1ccc(CC2OCCO2)s1. The van der Waals surface area contributed by atoms with Crippen molar-refractivity contribution in [2.45, 2.75) is 19.6 Å². The Kier molecular flexibility index (Phi) is 2.96. The van der Waals surface area contributed by atoms with Gasteiger partial charge in [0.2, 0.25) is 0 Å². The monoisotopic (exact) mass is 212 g/mol. The van der Waals surface area contributed by atoms with Crippen molar-refractivity contribution >= 4 is 17.1 Å². The molecule has 1 aliphatic rings. The Morgan fingerprint density at radius 3 is 2.79 bits per heavy atom. The Morgan fingerprint density at radius 1 is 1.50 bits per heavy atom. The van der Waals surface area contributed by atoms with Crippen molar-refractivity contribution in [3.63, 3.8) is 0 Å². The zero-order valence-corrected chi connectivity index (χ0v) is 8.80. The predicted octanol–water partition coefficient (Wildman–Crippen LogP) is 1.87. The molecule has 0 spiro atoms. The summed E-state index contributed by atoms with van der Waals surface area (Å²) in [6.45, 7) is 2.93. The quantitative estimate of drug-likeness (QED) is 0.717. The first-order valence-electron chi connectivity index (χ1n) is 4.58. The lowest BCUT2D eigenvalue weighted by Gasteiger charge is -2.05. The highest BCUT2D eigenvalue weighted by atomic mass is 32.1. The van der Waals surface area contributed by atoms with Crippen LogP contribution in [-0.2, 0) is 15.9 Å². The second-order valence-corrected chi connectivity index (χ2v) is 4.37. The Balaban J connectivity index is 1.98. The van der Waals surface area contributed by atoms with Crippen molar-refractivity contribution in [2.24, 2.45) is 0 Å². The van der Waals surface area contributed by atoms with E-state index in [-0.39, 0.29) is 12.1 Å². The molecule has 0 amide bonds. The van der Waals surface area contributed by atoms with Crippen LogP contribution in [0.4, 0.5) is 0 Å². The van der Waals surface area contributed by atoms with Crippen LogP contribution in [0.3, 0.4) is 0 Å². The van der Waals surface area contributed by atoms with Crippen LogP contribution in [0.2, 0.25) is 0 Å². The topological polar surface area (TPSA) is 35.5 Å². The van der Waals surface area contributed by atoms with E-state index in [0.717, 1.165) is 16.2 Å². The van der Waals surface area contributed by atoms with Crippen molar-refractivity contribution < 1.29 is 14.3 Å². The highest BCUT2D eigenvalue weighted by molar-refractivity contribution is 7.14. The van der Waals surface area contributed by atoms with Gasteiger partial charge in [-0.3, -0.25) is 4.79 Å². The van der Waals surface area contributed by atoms with E-state index < -0.39 is 0 Å². The van der Waals surface area contributed by atoms with Crippen LogP contribution >= 0.6 is 11.3 Å². The number of carbonyl (C=O) groups excluding carboxylic acids is 1. The van der Waals surface area contributed by atoms with E-state index in [9.17, 15) is 4.79 Å². The second-order valence-electron chi connectivity index (χ2n) is 3.20. The second kappa shape index (κ2) is 4.21. The maximum absolute atomic E-state index is 11.0. The lowest BCUT2D eigenvalue weighted by molar-refractivity contribution is -0.0394. The molecule has 76 valence electrons. The first-order chi connectivity index (χ1) is 6.75. The van der Waals surface area contributed by atoms with E-state index in [0.29, 0.717) is 13.2 Å². The summed E-state index contributed by atoms with van der Waals surface area (Å²) in [5.41, 5.74) is 0. The summed E-state index contributed by atoms with van der Waals surface area (Å²) in [6.07, 6.45) is 0.631. The molecule has 0 aliphatic carbocycles. The number of hydrogen-bond acceptors (Lipinski definition) is 4. The minimum Gasteiger partial charge on any atom is -0.350 e. The van der Waals surface area contributed by atoms with Gasteiger partial charge < -0.3 is 9.47 Å². The third-order valence-corrected chi connectivity index (χ3v) is 3.28.